The summed E-state index contributed by atoms with van der Waals surface area (Å²) in [6.07, 6.45) is 1.87. The topological polar surface area (TPSA) is 38.7 Å². The first-order chi connectivity index (χ1) is 6.43. The molecule has 0 radical (unpaired) electrons. The van der Waals surface area contributed by atoms with Gasteiger partial charge in [-0.2, -0.15) is 0 Å². The van der Waals surface area contributed by atoms with Crippen molar-refractivity contribution < 1.29 is 0 Å². The van der Waals surface area contributed by atoms with Crippen molar-refractivity contribution in [2.24, 2.45) is 0 Å². The van der Waals surface area contributed by atoms with Crippen LogP contribution in [0.4, 0.5) is 0 Å². The van der Waals surface area contributed by atoms with Gasteiger partial charge in [0.05, 0.1) is 0 Å². The van der Waals surface area contributed by atoms with E-state index in [9.17, 15) is 0 Å². The summed E-state index contributed by atoms with van der Waals surface area (Å²) >= 11 is 5.83. The van der Waals surface area contributed by atoms with Crippen LogP contribution in [0, 0.1) is 0 Å². The molecule has 14 heavy (non-hydrogen) atoms. The molecule has 1 aromatic rings. The van der Waals surface area contributed by atoms with Crippen molar-refractivity contribution in [2.75, 3.05) is 0 Å². The van der Waals surface area contributed by atoms with Gasteiger partial charge < -0.3 is 0 Å². The number of aryl methyl sites for hydroxylation is 1. The average Bonchev–Trinajstić information content (AvgIpc) is 2.02. The number of halogens is 1. The first-order valence-corrected chi connectivity index (χ1v) is 5.22. The van der Waals surface area contributed by atoms with Crippen LogP contribution in [0.15, 0.2) is 0 Å². The molecule has 1 rings (SSSR count). The Hall–Kier alpha value is -0.700. The lowest BCUT2D eigenvalue weighted by Gasteiger charge is -2.16. The minimum absolute atomic E-state index is 0.0743. The van der Waals surface area contributed by atoms with E-state index in [4.69, 9.17) is 11.6 Å². The summed E-state index contributed by atoms with van der Waals surface area (Å²) in [4.78, 5) is 12.6. The lowest BCUT2D eigenvalue weighted by atomic mass is 9.96. The van der Waals surface area contributed by atoms with Gasteiger partial charge in [-0.1, -0.05) is 27.7 Å². The molecule has 3 nitrogen and oxygen atoms in total. The predicted molar refractivity (Wildman–Crippen MR) is 57.5 cm³/mol. The lowest BCUT2D eigenvalue weighted by molar-refractivity contribution is 0.535. The SMILES string of the molecule is CCCc1nc(Cl)nc(C(C)(C)C)n1. The fourth-order valence-corrected chi connectivity index (χ4v) is 1.24. The summed E-state index contributed by atoms with van der Waals surface area (Å²) < 4.78 is 0. The third-order valence-corrected chi connectivity index (χ3v) is 1.97. The summed E-state index contributed by atoms with van der Waals surface area (Å²) in [5.74, 6) is 1.55. The Bertz CT molecular complexity index is 318. The Morgan fingerprint density at radius 1 is 1.14 bits per heavy atom. The fourth-order valence-electron chi connectivity index (χ4n) is 1.06. The van der Waals surface area contributed by atoms with Crippen LogP contribution < -0.4 is 0 Å². The van der Waals surface area contributed by atoms with Crippen LogP contribution >= 0.6 is 11.6 Å². The Labute approximate surface area is 89.9 Å². The van der Waals surface area contributed by atoms with Crippen molar-refractivity contribution in [3.05, 3.63) is 16.9 Å². The van der Waals surface area contributed by atoms with Crippen LogP contribution in [0.5, 0.6) is 0 Å². The normalized spacial score (nSPS) is 11.8. The Morgan fingerprint density at radius 2 is 1.79 bits per heavy atom. The standard InChI is InChI=1S/C10H16ClN3/c1-5-6-7-12-8(10(2,3)4)14-9(11)13-7/h5-6H2,1-4H3. The second-order valence-electron chi connectivity index (χ2n) is 4.34. The van der Waals surface area contributed by atoms with Gasteiger partial charge in [-0.3, -0.25) is 0 Å². The zero-order chi connectivity index (χ0) is 10.8. The molecular weight excluding hydrogens is 198 g/mol. The van der Waals surface area contributed by atoms with Crippen molar-refractivity contribution in [1.82, 2.24) is 15.0 Å². The number of nitrogens with zero attached hydrogens (tertiary/aromatic N) is 3. The molecule has 0 N–H and O–H groups in total. The molecular formula is C10H16ClN3. The number of hydrogen-bond acceptors (Lipinski definition) is 3. The van der Waals surface area contributed by atoms with E-state index in [-0.39, 0.29) is 5.41 Å². The van der Waals surface area contributed by atoms with Gasteiger partial charge in [0.1, 0.15) is 11.6 Å². The van der Waals surface area contributed by atoms with E-state index < -0.39 is 0 Å². The van der Waals surface area contributed by atoms with Gasteiger partial charge in [-0.25, -0.2) is 15.0 Å². The minimum atomic E-state index is -0.0743. The summed E-state index contributed by atoms with van der Waals surface area (Å²) in [6.45, 7) is 8.28. The van der Waals surface area contributed by atoms with Crippen molar-refractivity contribution in [3.63, 3.8) is 0 Å². The van der Waals surface area contributed by atoms with E-state index in [1.54, 1.807) is 0 Å². The summed E-state index contributed by atoms with van der Waals surface area (Å²) in [5.41, 5.74) is -0.0743. The van der Waals surface area contributed by atoms with Gasteiger partial charge in [0, 0.05) is 11.8 Å². The molecule has 0 unspecified atom stereocenters. The molecule has 0 saturated carbocycles. The molecule has 0 amide bonds. The van der Waals surface area contributed by atoms with Crippen LogP contribution in [-0.2, 0) is 11.8 Å². The quantitative estimate of drug-likeness (QED) is 0.759. The monoisotopic (exact) mass is 213 g/mol. The molecule has 1 heterocycles. The molecule has 0 spiro atoms. The maximum atomic E-state index is 5.83. The van der Waals surface area contributed by atoms with E-state index in [1.165, 1.54) is 0 Å². The van der Waals surface area contributed by atoms with E-state index in [1.807, 2.05) is 0 Å². The molecule has 0 aliphatic carbocycles. The molecule has 0 saturated heterocycles. The molecule has 1 aromatic heterocycles. The maximum absolute atomic E-state index is 5.83. The Kier molecular flexibility index (Phi) is 3.43. The Morgan fingerprint density at radius 3 is 2.29 bits per heavy atom. The average molecular weight is 214 g/mol. The first-order valence-electron chi connectivity index (χ1n) is 4.84. The van der Waals surface area contributed by atoms with Crippen molar-refractivity contribution in [3.8, 4) is 0 Å². The van der Waals surface area contributed by atoms with Crippen LogP contribution in [0.1, 0.15) is 45.8 Å². The van der Waals surface area contributed by atoms with E-state index in [0.717, 1.165) is 24.5 Å². The number of rotatable bonds is 2. The van der Waals surface area contributed by atoms with Crippen LogP contribution in [0.2, 0.25) is 5.28 Å². The molecule has 0 aliphatic rings. The zero-order valence-electron chi connectivity index (χ0n) is 9.13. The van der Waals surface area contributed by atoms with Crippen LogP contribution in [-0.4, -0.2) is 15.0 Å². The molecule has 0 fully saturated rings. The third-order valence-electron chi connectivity index (χ3n) is 1.80. The van der Waals surface area contributed by atoms with Gasteiger partial charge in [0.2, 0.25) is 5.28 Å². The highest BCUT2D eigenvalue weighted by molar-refractivity contribution is 6.28. The summed E-state index contributed by atoms with van der Waals surface area (Å²) in [6, 6.07) is 0. The largest absolute Gasteiger partial charge is 0.225 e. The third kappa shape index (κ3) is 2.91. The highest BCUT2D eigenvalue weighted by Gasteiger charge is 2.19. The highest BCUT2D eigenvalue weighted by atomic mass is 35.5. The van der Waals surface area contributed by atoms with Crippen molar-refractivity contribution in [1.29, 1.82) is 0 Å². The van der Waals surface area contributed by atoms with Gasteiger partial charge in [0.15, 0.2) is 0 Å². The smallest absolute Gasteiger partial charge is 0.217 e. The molecule has 0 atom stereocenters. The molecule has 0 aliphatic heterocycles. The summed E-state index contributed by atoms with van der Waals surface area (Å²) in [5, 5.41) is 0.299. The molecule has 0 bridgehead atoms. The molecule has 4 heteroatoms. The molecule has 0 aromatic carbocycles. The van der Waals surface area contributed by atoms with Gasteiger partial charge in [-0.05, 0) is 18.0 Å². The lowest BCUT2D eigenvalue weighted by Crippen LogP contribution is -2.18. The summed E-state index contributed by atoms with van der Waals surface area (Å²) in [7, 11) is 0. The van der Waals surface area contributed by atoms with E-state index >= 15 is 0 Å². The maximum Gasteiger partial charge on any atom is 0.225 e. The van der Waals surface area contributed by atoms with Crippen molar-refractivity contribution in [2.45, 2.75) is 46.0 Å². The first kappa shape index (κ1) is 11.4. The Balaban J connectivity index is 3.07. The highest BCUT2D eigenvalue weighted by Crippen LogP contribution is 2.19. The van der Waals surface area contributed by atoms with Gasteiger partial charge in [0.25, 0.3) is 0 Å². The second-order valence-corrected chi connectivity index (χ2v) is 4.68. The number of aromatic nitrogens is 3. The predicted octanol–water partition coefficient (Wildman–Crippen LogP) is 2.78. The minimum Gasteiger partial charge on any atom is -0.217 e. The fraction of sp³-hybridized carbons (Fsp3) is 0.700. The van der Waals surface area contributed by atoms with E-state index in [2.05, 4.69) is 42.6 Å². The second kappa shape index (κ2) is 4.22. The van der Waals surface area contributed by atoms with Crippen LogP contribution in [0.25, 0.3) is 0 Å². The van der Waals surface area contributed by atoms with E-state index in [0.29, 0.717) is 5.28 Å². The van der Waals surface area contributed by atoms with Gasteiger partial charge >= 0.3 is 0 Å². The van der Waals surface area contributed by atoms with Gasteiger partial charge in [-0.15, -0.1) is 0 Å². The molecule has 78 valence electrons. The zero-order valence-corrected chi connectivity index (χ0v) is 9.89. The van der Waals surface area contributed by atoms with Crippen LogP contribution in [0.3, 0.4) is 0 Å². The number of hydrogen-bond donors (Lipinski definition) is 0. The van der Waals surface area contributed by atoms with Crippen molar-refractivity contribution >= 4 is 11.6 Å².